The van der Waals surface area contributed by atoms with Crippen molar-refractivity contribution < 1.29 is 13.2 Å². The summed E-state index contributed by atoms with van der Waals surface area (Å²) in [5.41, 5.74) is 3.41. The molecule has 4 nitrogen and oxygen atoms in total. The van der Waals surface area contributed by atoms with Gasteiger partial charge in [0.1, 0.15) is 0 Å². The topological polar surface area (TPSA) is 54.5 Å². The van der Waals surface area contributed by atoms with Crippen molar-refractivity contribution >= 4 is 15.6 Å². The number of benzene rings is 1. The van der Waals surface area contributed by atoms with Crippen molar-refractivity contribution in [1.29, 1.82) is 0 Å². The number of fused-ring (bicyclic) bond motifs is 1. The van der Waals surface area contributed by atoms with Gasteiger partial charge >= 0.3 is 0 Å². The average molecular weight is 307 g/mol. The molecule has 0 bridgehead atoms. The lowest BCUT2D eigenvalue weighted by Gasteiger charge is -2.22. The quantitative estimate of drug-likeness (QED) is 0.791. The maximum atomic E-state index is 12.4. The molecular weight excluding hydrogens is 286 g/mol. The van der Waals surface area contributed by atoms with Gasteiger partial charge in [-0.25, -0.2) is 8.42 Å². The van der Waals surface area contributed by atoms with E-state index in [0.717, 1.165) is 18.4 Å². The van der Waals surface area contributed by atoms with E-state index in [0.29, 0.717) is 13.0 Å². The highest BCUT2D eigenvalue weighted by atomic mass is 32.2. The molecular formula is C16H21NO3S. The standard InChI is InChI=1S/C16H21NO3S/c1-17(15-7-8-21(19,20)11-15)10-16(18)14-6-5-12-3-2-4-13(12)9-14/h5-6,9,15H,2-4,7-8,10-11H2,1H3. The molecule has 21 heavy (non-hydrogen) atoms. The molecule has 1 saturated heterocycles. The molecule has 1 aromatic carbocycles. The normalized spacial score (nSPS) is 23.4. The zero-order chi connectivity index (χ0) is 15.0. The Kier molecular flexibility index (Phi) is 3.88. The van der Waals surface area contributed by atoms with Gasteiger partial charge in [0.05, 0.1) is 18.1 Å². The van der Waals surface area contributed by atoms with Gasteiger partial charge in [0.15, 0.2) is 15.6 Å². The molecule has 1 aromatic rings. The number of Topliss-reactive ketones (excluding diaryl/α,β-unsaturated/α-hetero) is 1. The molecule has 1 heterocycles. The molecule has 1 fully saturated rings. The first-order valence-corrected chi connectivity index (χ1v) is 9.32. The summed E-state index contributed by atoms with van der Waals surface area (Å²) in [6, 6.07) is 5.97. The zero-order valence-electron chi connectivity index (χ0n) is 12.3. The van der Waals surface area contributed by atoms with Crippen LogP contribution in [-0.4, -0.2) is 50.2 Å². The second-order valence-corrected chi connectivity index (χ2v) is 8.46. The van der Waals surface area contributed by atoms with Crippen LogP contribution in [0.1, 0.15) is 34.3 Å². The van der Waals surface area contributed by atoms with Gasteiger partial charge in [-0.15, -0.1) is 0 Å². The summed E-state index contributed by atoms with van der Waals surface area (Å²) in [6.07, 6.45) is 3.99. The van der Waals surface area contributed by atoms with Crippen molar-refractivity contribution in [3.8, 4) is 0 Å². The Bertz CT molecular complexity index is 666. The number of carbonyl (C=O) groups excluding carboxylic acids is 1. The van der Waals surface area contributed by atoms with Crippen molar-refractivity contribution in [3.05, 3.63) is 34.9 Å². The van der Waals surface area contributed by atoms with E-state index < -0.39 is 9.84 Å². The number of ketones is 1. The van der Waals surface area contributed by atoms with E-state index >= 15 is 0 Å². The van der Waals surface area contributed by atoms with Crippen molar-refractivity contribution in [2.75, 3.05) is 25.1 Å². The van der Waals surface area contributed by atoms with Crippen LogP contribution >= 0.6 is 0 Å². The summed E-state index contributed by atoms with van der Waals surface area (Å²) in [5, 5.41) is 0. The van der Waals surface area contributed by atoms with Crippen LogP contribution in [-0.2, 0) is 22.7 Å². The summed E-state index contributed by atoms with van der Waals surface area (Å²) in [5.74, 6) is 0.507. The van der Waals surface area contributed by atoms with E-state index in [1.165, 1.54) is 17.5 Å². The molecule has 1 atom stereocenters. The van der Waals surface area contributed by atoms with Crippen LogP contribution in [0.2, 0.25) is 0 Å². The summed E-state index contributed by atoms with van der Waals surface area (Å²) in [7, 11) is -1.06. The minimum atomic E-state index is -2.90. The largest absolute Gasteiger partial charge is 0.295 e. The van der Waals surface area contributed by atoms with E-state index in [1.54, 1.807) is 0 Å². The Morgan fingerprint density at radius 2 is 2.05 bits per heavy atom. The maximum Gasteiger partial charge on any atom is 0.176 e. The van der Waals surface area contributed by atoms with E-state index in [-0.39, 0.29) is 23.3 Å². The third-order valence-corrected chi connectivity index (χ3v) is 6.40. The molecule has 0 spiro atoms. The Balaban J connectivity index is 1.66. The van der Waals surface area contributed by atoms with Crippen LogP contribution in [0.25, 0.3) is 0 Å². The predicted molar refractivity (Wildman–Crippen MR) is 82.5 cm³/mol. The molecule has 0 saturated carbocycles. The Morgan fingerprint density at radius 3 is 2.76 bits per heavy atom. The van der Waals surface area contributed by atoms with Crippen molar-refractivity contribution in [2.45, 2.75) is 31.7 Å². The molecule has 0 N–H and O–H groups in total. The summed E-state index contributed by atoms with van der Waals surface area (Å²) in [6.45, 7) is 0.291. The maximum absolute atomic E-state index is 12.4. The number of sulfone groups is 1. The molecule has 0 amide bonds. The van der Waals surface area contributed by atoms with Gasteiger partial charge in [0.25, 0.3) is 0 Å². The van der Waals surface area contributed by atoms with Crippen LogP contribution < -0.4 is 0 Å². The third-order valence-electron chi connectivity index (χ3n) is 4.65. The number of nitrogens with zero attached hydrogens (tertiary/aromatic N) is 1. The highest BCUT2D eigenvalue weighted by molar-refractivity contribution is 7.91. The van der Waals surface area contributed by atoms with Crippen molar-refractivity contribution in [1.82, 2.24) is 4.90 Å². The Morgan fingerprint density at radius 1 is 1.29 bits per heavy atom. The van der Waals surface area contributed by atoms with E-state index in [4.69, 9.17) is 0 Å². The van der Waals surface area contributed by atoms with E-state index in [2.05, 4.69) is 6.07 Å². The van der Waals surface area contributed by atoms with Gasteiger partial charge in [-0.05, 0) is 49.9 Å². The van der Waals surface area contributed by atoms with Crippen molar-refractivity contribution in [2.24, 2.45) is 0 Å². The van der Waals surface area contributed by atoms with Crippen LogP contribution in [0.15, 0.2) is 18.2 Å². The van der Waals surface area contributed by atoms with Crippen LogP contribution in [0.5, 0.6) is 0 Å². The number of rotatable bonds is 4. The second kappa shape index (κ2) is 5.54. The fourth-order valence-corrected chi connectivity index (χ4v) is 5.12. The summed E-state index contributed by atoms with van der Waals surface area (Å²) < 4.78 is 23.0. The number of hydrogen-bond acceptors (Lipinski definition) is 4. The second-order valence-electron chi connectivity index (χ2n) is 6.23. The Labute approximate surface area is 126 Å². The van der Waals surface area contributed by atoms with Gasteiger partial charge in [-0.2, -0.15) is 0 Å². The van der Waals surface area contributed by atoms with Crippen LogP contribution in [0, 0.1) is 0 Å². The molecule has 1 aliphatic heterocycles. The summed E-state index contributed by atoms with van der Waals surface area (Å²) >= 11 is 0. The van der Waals surface area contributed by atoms with Gasteiger partial charge in [-0.3, -0.25) is 9.69 Å². The average Bonchev–Trinajstić information content (AvgIpc) is 3.03. The van der Waals surface area contributed by atoms with E-state index in [1.807, 2.05) is 24.1 Å². The predicted octanol–water partition coefficient (Wildman–Crippen LogP) is 1.48. The van der Waals surface area contributed by atoms with E-state index in [9.17, 15) is 13.2 Å². The van der Waals surface area contributed by atoms with Gasteiger partial charge in [0.2, 0.25) is 0 Å². The van der Waals surface area contributed by atoms with Crippen molar-refractivity contribution in [3.63, 3.8) is 0 Å². The van der Waals surface area contributed by atoms with Crippen LogP contribution in [0.4, 0.5) is 0 Å². The van der Waals surface area contributed by atoms with Crippen LogP contribution in [0.3, 0.4) is 0 Å². The zero-order valence-corrected chi connectivity index (χ0v) is 13.2. The first-order chi connectivity index (χ1) is 9.94. The number of likely N-dealkylation sites (N-methyl/N-ethyl adjacent to an activating group) is 1. The fourth-order valence-electron chi connectivity index (χ4n) is 3.32. The molecule has 5 heteroatoms. The highest BCUT2D eigenvalue weighted by Gasteiger charge is 2.31. The first-order valence-electron chi connectivity index (χ1n) is 7.50. The lowest BCUT2D eigenvalue weighted by atomic mass is 10.0. The smallest absolute Gasteiger partial charge is 0.176 e. The third kappa shape index (κ3) is 3.19. The summed E-state index contributed by atoms with van der Waals surface area (Å²) in [4.78, 5) is 14.3. The lowest BCUT2D eigenvalue weighted by molar-refractivity contribution is 0.0926. The number of hydrogen-bond donors (Lipinski definition) is 0. The fraction of sp³-hybridized carbons (Fsp3) is 0.562. The lowest BCUT2D eigenvalue weighted by Crippen LogP contribution is -2.36. The minimum Gasteiger partial charge on any atom is -0.295 e. The van der Waals surface area contributed by atoms with Gasteiger partial charge in [0, 0.05) is 11.6 Å². The monoisotopic (exact) mass is 307 g/mol. The molecule has 3 rings (SSSR count). The van der Waals surface area contributed by atoms with Gasteiger partial charge < -0.3 is 0 Å². The first kappa shape index (κ1) is 14.7. The SMILES string of the molecule is CN(CC(=O)c1ccc2c(c1)CCC2)C1CCS(=O)(=O)C1. The number of carbonyl (C=O) groups is 1. The number of aryl methyl sites for hydroxylation is 2. The molecule has 0 radical (unpaired) electrons. The molecule has 0 aromatic heterocycles. The highest BCUT2D eigenvalue weighted by Crippen LogP contribution is 2.23. The van der Waals surface area contributed by atoms with Gasteiger partial charge in [-0.1, -0.05) is 12.1 Å². The molecule has 114 valence electrons. The molecule has 2 aliphatic rings. The molecule has 1 unspecified atom stereocenters. The minimum absolute atomic E-state index is 0.0200. The Hall–Kier alpha value is -1.20. The molecule has 1 aliphatic carbocycles.